The summed E-state index contributed by atoms with van der Waals surface area (Å²) in [5, 5.41) is 8.01. The zero-order valence-electron chi connectivity index (χ0n) is 19.9. The first-order valence-electron chi connectivity index (χ1n) is 11.2. The van der Waals surface area contributed by atoms with Crippen molar-refractivity contribution in [3.63, 3.8) is 0 Å². The quantitative estimate of drug-likeness (QED) is 0.166. The first kappa shape index (κ1) is 28.5. The van der Waals surface area contributed by atoms with Gasteiger partial charge in [-0.2, -0.15) is 10.2 Å². The molecule has 2 aromatic carbocycles. The van der Waals surface area contributed by atoms with Crippen molar-refractivity contribution < 1.29 is 19.1 Å². The smallest absolute Gasteiger partial charge is 0.240 e. The number of hydrogen-bond acceptors (Lipinski definition) is 6. The molecule has 188 valence electrons. The first-order chi connectivity index (χ1) is 16.9. The highest BCUT2D eigenvalue weighted by molar-refractivity contribution is 9.10. The lowest BCUT2D eigenvalue weighted by molar-refractivity contribution is -0.121. The van der Waals surface area contributed by atoms with Crippen molar-refractivity contribution in [3.8, 4) is 11.5 Å². The Labute approximate surface area is 222 Å². The molecular weight excluding hydrogens is 580 g/mol. The predicted octanol–water partition coefficient (Wildman–Crippen LogP) is 5.56. The highest BCUT2D eigenvalue weighted by atomic mass is 79.9. The fourth-order valence-corrected chi connectivity index (χ4v) is 3.93. The number of rotatable bonds is 14. The number of methoxy groups -OCH3 is 2. The summed E-state index contributed by atoms with van der Waals surface area (Å²) in [4.78, 5) is 23.9. The molecule has 0 fully saturated rings. The van der Waals surface area contributed by atoms with Crippen molar-refractivity contribution >= 4 is 56.1 Å². The van der Waals surface area contributed by atoms with Crippen molar-refractivity contribution in [1.82, 2.24) is 10.9 Å². The lowest BCUT2D eigenvalue weighted by Crippen LogP contribution is -2.17. The lowest BCUT2D eigenvalue weighted by Gasteiger charge is -2.05. The SMILES string of the molecule is COc1ccc(Br)cc1/C=N\NC(=O)CCCCCCCC(=O)N/N=C\c1cc(Br)ccc1OC. The summed E-state index contributed by atoms with van der Waals surface area (Å²) in [5.74, 6) is 1.09. The summed E-state index contributed by atoms with van der Waals surface area (Å²) < 4.78 is 12.3. The van der Waals surface area contributed by atoms with Crippen LogP contribution in [0.25, 0.3) is 0 Å². The number of hydrogen-bond donors (Lipinski definition) is 2. The second kappa shape index (κ2) is 16.0. The number of carbonyl (C=O) groups is 2. The van der Waals surface area contributed by atoms with E-state index in [9.17, 15) is 9.59 Å². The van der Waals surface area contributed by atoms with Crippen molar-refractivity contribution in [2.45, 2.75) is 44.9 Å². The minimum Gasteiger partial charge on any atom is -0.496 e. The summed E-state index contributed by atoms with van der Waals surface area (Å²) >= 11 is 6.80. The van der Waals surface area contributed by atoms with E-state index in [1.54, 1.807) is 26.6 Å². The molecule has 0 bridgehead atoms. The zero-order chi connectivity index (χ0) is 25.5. The highest BCUT2D eigenvalue weighted by Gasteiger charge is 2.04. The van der Waals surface area contributed by atoms with Crippen LogP contribution in [0.4, 0.5) is 0 Å². The van der Waals surface area contributed by atoms with Gasteiger partial charge in [0.25, 0.3) is 0 Å². The molecule has 0 saturated carbocycles. The summed E-state index contributed by atoms with van der Waals surface area (Å²) in [6.07, 6.45) is 8.26. The van der Waals surface area contributed by atoms with Crippen LogP contribution >= 0.6 is 31.9 Å². The number of halogens is 2. The van der Waals surface area contributed by atoms with Crippen LogP contribution in [0.1, 0.15) is 56.1 Å². The predicted molar refractivity (Wildman–Crippen MR) is 145 cm³/mol. The minimum absolute atomic E-state index is 0.130. The normalized spacial score (nSPS) is 11.1. The Kier molecular flexibility index (Phi) is 13.1. The molecule has 0 heterocycles. The third-order valence-corrected chi connectivity index (χ3v) is 5.96. The molecule has 10 heteroatoms. The van der Waals surface area contributed by atoms with E-state index >= 15 is 0 Å². The van der Waals surface area contributed by atoms with Crippen molar-refractivity contribution in [2.75, 3.05) is 14.2 Å². The molecule has 0 spiro atoms. The van der Waals surface area contributed by atoms with E-state index in [4.69, 9.17) is 9.47 Å². The number of carbonyl (C=O) groups excluding carboxylic acids is 2. The van der Waals surface area contributed by atoms with Gasteiger partial charge in [-0.05, 0) is 49.2 Å². The van der Waals surface area contributed by atoms with Crippen LogP contribution in [0.3, 0.4) is 0 Å². The third kappa shape index (κ3) is 11.0. The molecule has 0 aliphatic rings. The maximum atomic E-state index is 12.0. The molecule has 2 rings (SSSR count). The van der Waals surface area contributed by atoms with Gasteiger partial charge in [0.15, 0.2) is 0 Å². The summed E-state index contributed by atoms with van der Waals surface area (Å²) in [7, 11) is 3.17. The fourth-order valence-electron chi connectivity index (χ4n) is 3.17. The van der Waals surface area contributed by atoms with Crippen molar-refractivity contribution in [2.24, 2.45) is 10.2 Å². The fraction of sp³-hybridized carbons (Fsp3) is 0.360. The Bertz CT molecular complexity index is 963. The number of amides is 2. The average molecular weight is 610 g/mol. The van der Waals surface area contributed by atoms with Gasteiger partial charge in [-0.15, -0.1) is 0 Å². The van der Waals surface area contributed by atoms with Crippen LogP contribution in [-0.2, 0) is 9.59 Å². The largest absolute Gasteiger partial charge is 0.496 e. The highest BCUT2D eigenvalue weighted by Crippen LogP contribution is 2.22. The van der Waals surface area contributed by atoms with Crippen molar-refractivity contribution in [3.05, 3.63) is 56.5 Å². The number of benzene rings is 2. The third-order valence-electron chi connectivity index (χ3n) is 4.98. The van der Waals surface area contributed by atoms with E-state index in [1.165, 1.54) is 0 Å². The maximum absolute atomic E-state index is 12.0. The molecule has 0 aliphatic heterocycles. The van der Waals surface area contributed by atoms with E-state index in [-0.39, 0.29) is 11.8 Å². The van der Waals surface area contributed by atoms with Crippen LogP contribution in [0.15, 0.2) is 55.5 Å². The number of nitrogens with one attached hydrogen (secondary N) is 2. The van der Waals surface area contributed by atoms with Crippen LogP contribution in [0.2, 0.25) is 0 Å². The minimum atomic E-state index is -0.130. The molecule has 35 heavy (non-hydrogen) atoms. The van der Waals surface area contributed by atoms with Gasteiger partial charge in [0.1, 0.15) is 11.5 Å². The number of nitrogens with zero attached hydrogens (tertiary/aromatic N) is 2. The molecule has 8 nitrogen and oxygen atoms in total. The molecule has 0 aliphatic carbocycles. The molecule has 0 atom stereocenters. The summed E-state index contributed by atoms with van der Waals surface area (Å²) in [6, 6.07) is 11.1. The molecule has 2 amide bonds. The molecule has 2 N–H and O–H groups in total. The second-order valence-corrected chi connectivity index (χ2v) is 9.46. The van der Waals surface area contributed by atoms with Gasteiger partial charge in [-0.1, -0.05) is 51.1 Å². The second-order valence-electron chi connectivity index (χ2n) is 7.63. The molecule has 0 aromatic heterocycles. The lowest BCUT2D eigenvalue weighted by atomic mass is 10.1. The van der Waals surface area contributed by atoms with E-state index in [1.807, 2.05) is 36.4 Å². The van der Waals surface area contributed by atoms with Gasteiger partial charge in [0.05, 0.1) is 26.6 Å². The van der Waals surface area contributed by atoms with Gasteiger partial charge >= 0.3 is 0 Å². The Hall–Kier alpha value is -2.72. The van der Waals surface area contributed by atoms with Gasteiger partial charge in [0, 0.05) is 32.9 Å². The van der Waals surface area contributed by atoms with E-state index in [2.05, 4.69) is 52.9 Å². The average Bonchev–Trinajstić information content (AvgIpc) is 2.84. The monoisotopic (exact) mass is 608 g/mol. The molecule has 0 unspecified atom stereocenters. The topological polar surface area (TPSA) is 101 Å². The zero-order valence-corrected chi connectivity index (χ0v) is 23.0. The molecule has 2 aromatic rings. The van der Waals surface area contributed by atoms with Gasteiger partial charge in [0.2, 0.25) is 11.8 Å². The van der Waals surface area contributed by atoms with Gasteiger partial charge in [-0.3, -0.25) is 9.59 Å². The molecule has 0 radical (unpaired) electrons. The van der Waals surface area contributed by atoms with Crippen LogP contribution in [0, 0.1) is 0 Å². The standard InChI is InChI=1S/C25H30Br2N4O4/c1-34-22-12-10-20(26)14-18(22)16-28-30-24(32)8-6-4-3-5-7-9-25(33)31-29-17-19-15-21(27)11-13-23(19)35-2/h10-17H,3-9H2,1-2H3,(H,30,32)(H,31,33)/b28-16-,29-17-. The number of ether oxygens (including phenoxy) is 2. The van der Waals surface area contributed by atoms with Gasteiger partial charge in [-0.25, -0.2) is 10.9 Å². The van der Waals surface area contributed by atoms with Crippen LogP contribution in [0.5, 0.6) is 11.5 Å². The summed E-state index contributed by atoms with van der Waals surface area (Å²) in [5.41, 5.74) is 6.62. The van der Waals surface area contributed by atoms with E-state index in [0.717, 1.165) is 52.2 Å². The Morgan fingerprint density at radius 1 is 0.743 bits per heavy atom. The Balaban J connectivity index is 1.55. The van der Waals surface area contributed by atoms with Gasteiger partial charge < -0.3 is 9.47 Å². The van der Waals surface area contributed by atoms with Crippen molar-refractivity contribution in [1.29, 1.82) is 0 Å². The first-order valence-corrected chi connectivity index (χ1v) is 12.8. The number of unbranched alkanes of at least 4 members (excludes halogenated alkanes) is 4. The summed E-state index contributed by atoms with van der Waals surface area (Å²) in [6.45, 7) is 0. The molecular formula is C25H30Br2N4O4. The van der Waals surface area contributed by atoms with E-state index < -0.39 is 0 Å². The number of hydrazone groups is 2. The van der Waals surface area contributed by atoms with Crippen LogP contribution in [-0.4, -0.2) is 38.5 Å². The Morgan fingerprint density at radius 3 is 1.54 bits per heavy atom. The maximum Gasteiger partial charge on any atom is 0.240 e. The van der Waals surface area contributed by atoms with E-state index in [0.29, 0.717) is 24.3 Å². The van der Waals surface area contributed by atoms with Crippen LogP contribution < -0.4 is 20.3 Å². The molecule has 0 saturated heterocycles. The Morgan fingerprint density at radius 2 is 1.14 bits per heavy atom.